The first kappa shape index (κ1) is 23.4. The number of aliphatic hydroxyl groups excluding tert-OH is 3. The van der Waals surface area contributed by atoms with E-state index in [1.54, 1.807) is 12.1 Å². The highest BCUT2D eigenvalue weighted by Gasteiger charge is 2.39. The molecule has 28 heavy (non-hydrogen) atoms. The Kier molecular flexibility index (Phi) is 9.95. The summed E-state index contributed by atoms with van der Waals surface area (Å²) in [4.78, 5) is 12.4. The quantitative estimate of drug-likeness (QED) is 0.229. The zero-order chi connectivity index (χ0) is 20.5. The van der Waals surface area contributed by atoms with Crippen LogP contribution in [-0.2, 0) is 6.42 Å². The van der Waals surface area contributed by atoms with E-state index in [1.165, 1.54) is 11.3 Å². The first-order valence-corrected chi connectivity index (χ1v) is 11.3. The van der Waals surface area contributed by atoms with Gasteiger partial charge in [-0.25, -0.2) is 4.79 Å². The van der Waals surface area contributed by atoms with Crippen LogP contribution >= 0.6 is 22.9 Å². The standard InChI is InChI=1S/C21H31ClO5S/c22-18-13-19(25)17(10-8-14(24)5-2-1-3-12-23)16(18)7-4-6-15-9-11-20(28-15)21(26)27/h8-11,14,16-19,23-25H,1-7,12-13H2,(H,26,27)/t14-,16+,17-,18-,19+/m0/s1. The van der Waals surface area contributed by atoms with E-state index in [4.69, 9.17) is 21.8 Å². The summed E-state index contributed by atoms with van der Waals surface area (Å²) < 4.78 is 0. The van der Waals surface area contributed by atoms with Crippen molar-refractivity contribution in [2.45, 2.75) is 69.0 Å². The van der Waals surface area contributed by atoms with Crippen LogP contribution in [-0.4, -0.2) is 50.6 Å². The minimum Gasteiger partial charge on any atom is -0.477 e. The van der Waals surface area contributed by atoms with Crippen LogP contribution in [0.2, 0.25) is 0 Å². The van der Waals surface area contributed by atoms with Gasteiger partial charge in [0.25, 0.3) is 0 Å². The Morgan fingerprint density at radius 3 is 2.75 bits per heavy atom. The molecule has 1 fully saturated rings. The molecule has 0 saturated heterocycles. The molecule has 5 atom stereocenters. The number of aryl methyl sites for hydroxylation is 1. The topological polar surface area (TPSA) is 98.0 Å². The molecule has 0 aromatic carbocycles. The van der Waals surface area contributed by atoms with E-state index in [1.807, 2.05) is 12.1 Å². The van der Waals surface area contributed by atoms with Crippen molar-refractivity contribution in [1.82, 2.24) is 0 Å². The van der Waals surface area contributed by atoms with Gasteiger partial charge >= 0.3 is 5.97 Å². The second-order valence-corrected chi connectivity index (χ2v) is 9.28. The third-order valence-electron chi connectivity index (χ3n) is 5.42. The summed E-state index contributed by atoms with van der Waals surface area (Å²) in [7, 11) is 0. The Morgan fingerprint density at radius 2 is 2.07 bits per heavy atom. The van der Waals surface area contributed by atoms with E-state index in [-0.39, 0.29) is 23.8 Å². The molecular weight excluding hydrogens is 400 g/mol. The number of carbonyl (C=O) groups is 1. The van der Waals surface area contributed by atoms with Crippen LogP contribution in [0.5, 0.6) is 0 Å². The molecule has 158 valence electrons. The molecule has 1 aromatic heterocycles. The maximum Gasteiger partial charge on any atom is 0.345 e. The van der Waals surface area contributed by atoms with Gasteiger partial charge in [-0.3, -0.25) is 0 Å². The number of carboxylic acid groups (broad SMARTS) is 1. The van der Waals surface area contributed by atoms with Gasteiger partial charge in [0, 0.05) is 22.8 Å². The van der Waals surface area contributed by atoms with Crippen LogP contribution in [0.1, 0.15) is 59.5 Å². The van der Waals surface area contributed by atoms with Crippen molar-refractivity contribution in [3.63, 3.8) is 0 Å². The summed E-state index contributed by atoms with van der Waals surface area (Å²) in [6.45, 7) is 0.183. The highest BCUT2D eigenvalue weighted by molar-refractivity contribution is 7.13. The molecule has 2 rings (SSSR count). The summed E-state index contributed by atoms with van der Waals surface area (Å²) >= 11 is 7.78. The van der Waals surface area contributed by atoms with Crippen LogP contribution in [0.15, 0.2) is 24.3 Å². The van der Waals surface area contributed by atoms with E-state index in [0.717, 1.165) is 43.4 Å². The normalized spacial score (nSPS) is 26.1. The Bertz CT molecular complexity index is 632. The Balaban J connectivity index is 1.83. The van der Waals surface area contributed by atoms with Gasteiger partial charge in [0.1, 0.15) is 4.88 Å². The molecule has 1 heterocycles. The van der Waals surface area contributed by atoms with Crippen LogP contribution in [0.3, 0.4) is 0 Å². The lowest BCUT2D eigenvalue weighted by atomic mass is 9.89. The molecule has 0 amide bonds. The van der Waals surface area contributed by atoms with Gasteiger partial charge in [0.2, 0.25) is 0 Å². The molecular formula is C21H31ClO5S. The van der Waals surface area contributed by atoms with Gasteiger partial charge in [0.05, 0.1) is 12.2 Å². The maximum atomic E-state index is 11.0. The number of alkyl halides is 1. The van der Waals surface area contributed by atoms with Gasteiger partial charge in [-0.15, -0.1) is 22.9 Å². The smallest absolute Gasteiger partial charge is 0.345 e. The fraction of sp³-hybridized carbons (Fsp3) is 0.667. The first-order valence-electron chi connectivity index (χ1n) is 10.0. The number of hydrogen-bond donors (Lipinski definition) is 4. The summed E-state index contributed by atoms with van der Waals surface area (Å²) in [5.74, 6) is -0.808. The Labute approximate surface area is 175 Å². The fourth-order valence-electron chi connectivity index (χ4n) is 3.87. The molecule has 0 aliphatic heterocycles. The van der Waals surface area contributed by atoms with Gasteiger partial charge in [-0.1, -0.05) is 25.0 Å². The molecule has 1 saturated carbocycles. The first-order chi connectivity index (χ1) is 13.4. The van der Waals surface area contributed by atoms with E-state index in [0.29, 0.717) is 17.7 Å². The number of carboxylic acids is 1. The minimum absolute atomic E-state index is 0.0625. The molecule has 1 aliphatic rings. The number of thiophene rings is 1. The van der Waals surface area contributed by atoms with E-state index in [9.17, 15) is 15.0 Å². The van der Waals surface area contributed by atoms with Gasteiger partial charge in [-0.2, -0.15) is 0 Å². The van der Waals surface area contributed by atoms with Crippen LogP contribution < -0.4 is 0 Å². The molecule has 0 spiro atoms. The lowest BCUT2D eigenvalue weighted by molar-refractivity contribution is 0.0702. The predicted octanol–water partition coefficient (Wildman–Crippen LogP) is 3.84. The van der Waals surface area contributed by atoms with Crippen molar-refractivity contribution in [2.75, 3.05) is 6.61 Å². The van der Waals surface area contributed by atoms with Crippen molar-refractivity contribution in [3.8, 4) is 0 Å². The number of rotatable bonds is 12. The SMILES string of the molecule is O=C(O)c1ccc(CCC[C@@H]2[C@H](C=C[C@@H](O)CCCCCO)[C@H](O)C[C@@H]2Cl)s1. The molecule has 0 unspecified atom stereocenters. The summed E-state index contributed by atoms with van der Waals surface area (Å²) in [5.41, 5.74) is 0. The lowest BCUT2D eigenvalue weighted by Gasteiger charge is -2.21. The lowest BCUT2D eigenvalue weighted by Crippen LogP contribution is -2.19. The van der Waals surface area contributed by atoms with E-state index >= 15 is 0 Å². The number of hydrogen-bond acceptors (Lipinski definition) is 5. The van der Waals surface area contributed by atoms with Crippen LogP contribution in [0.25, 0.3) is 0 Å². The van der Waals surface area contributed by atoms with Crippen molar-refractivity contribution >= 4 is 28.9 Å². The third kappa shape index (κ3) is 7.16. The zero-order valence-electron chi connectivity index (χ0n) is 16.0. The monoisotopic (exact) mass is 430 g/mol. The summed E-state index contributed by atoms with van der Waals surface area (Å²) in [6.07, 6.45) is 8.91. The minimum atomic E-state index is -0.892. The number of aliphatic hydroxyl groups is 3. The van der Waals surface area contributed by atoms with Crippen LogP contribution in [0.4, 0.5) is 0 Å². The van der Waals surface area contributed by atoms with Crippen LogP contribution in [0, 0.1) is 11.8 Å². The molecule has 1 aromatic rings. The molecule has 5 nitrogen and oxygen atoms in total. The van der Waals surface area contributed by atoms with Gasteiger partial charge in [-0.05, 0) is 56.6 Å². The molecule has 7 heteroatoms. The highest BCUT2D eigenvalue weighted by atomic mass is 35.5. The number of aromatic carboxylic acids is 1. The highest BCUT2D eigenvalue weighted by Crippen LogP contribution is 2.40. The molecule has 0 radical (unpaired) electrons. The van der Waals surface area contributed by atoms with Crippen molar-refractivity contribution in [3.05, 3.63) is 34.0 Å². The summed E-state index contributed by atoms with van der Waals surface area (Å²) in [5, 5.41) is 38.2. The Hall–Kier alpha value is -0.920. The van der Waals surface area contributed by atoms with E-state index < -0.39 is 18.2 Å². The largest absolute Gasteiger partial charge is 0.477 e. The molecule has 0 bridgehead atoms. The summed E-state index contributed by atoms with van der Waals surface area (Å²) in [6, 6.07) is 3.50. The third-order valence-corrected chi connectivity index (χ3v) is 7.05. The predicted molar refractivity (Wildman–Crippen MR) is 112 cm³/mol. The van der Waals surface area contributed by atoms with Gasteiger partial charge < -0.3 is 20.4 Å². The number of unbranched alkanes of at least 4 members (excludes halogenated alkanes) is 2. The fourth-order valence-corrected chi connectivity index (χ4v) is 5.23. The van der Waals surface area contributed by atoms with E-state index in [2.05, 4.69) is 0 Å². The number of halogens is 1. The average Bonchev–Trinajstić information content (AvgIpc) is 3.22. The maximum absolute atomic E-state index is 11.0. The van der Waals surface area contributed by atoms with Crippen molar-refractivity contribution in [2.24, 2.45) is 11.8 Å². The van der Waals surface area contributed by atoms with Crippen molar-refractivity contribution in [1.29, 1.82) is 0 Å². The second-order valence-electron chi connectivity index (χ2n) is 7.55. The van der Waals surface area contributed by atoms with Crippen molar-refractivity contribution < 1.29 is 25.2 Å². The molecule has 4 N–H and O–H groups in total. The second kappa shape index (κ2) is 11.9. The molecule has 1 aliphatic carbocycles. The average molecular weight is 431 g/mol. The zero-order valence-corrected chi connectivity index (χ0v) is 17.6. The van der Waals surface area contributed by atoms with Gasteiger partial charge in [0.15, 0.2) is 0 Å². The Morgan fingerprint density at radius 1 is 1.29 bits per heavy atom.